The number of alkyl halides is 1. The predicted octanol–water partition coefficient (Wildman–Crippen LogP) is 2.60. The molecule has 0 atom stereocenters. The molecule has 0 spiro atoms. The van der Waals surface area contributed by atoms with Gasteiger partial charge in [-0.3, -0.25) is 10.1 Å². The van der Waals surface area contributed by atoms with Crippen LogP contribution in [0, 0.1) is 10.1 Å². The van der Waals surface area contributed by atoms with Crippen LogP contribution in [0.25, 0.3) is 0 Å². The number of nitrogens with zero attached hydrogens (tertiary/aromatic N) is 2. The van der Waals surface area contributed by atoms with Crippen molar-refractivity contribution in [3.05, 3.63) is 33.1 Å². The summed E-state index contributed by atoms with van der Waals surface area (Å²) in [5.41, 5.74) is -1.64. The predicted molar refractivity (Wildman–Crippen MR) is 47.9 cm³/mol. The molecule has 4 nitrogen and oxygen atoms in total. The molecule has 0 aromatic carbocycles. The summed E-state index contributed by atoms with van der Waals surface area (Å²) < 4.78 is 13.5. The quantitative estimate of drug-likeness (QED) is 0.434. The molecule has 0 amide bonds. The van der Waals surface area contributed by atoms with Gasteiger partial charge in [0.15, 0.2) is 5.67 Å². The van der Waals surface area contributed by atoms with E-state index in [1.165, 1.54) is 0 Å². The van der Waals surface area contributed by atoms with Gasteiger partial charge >= 0.3 is 0 Å². The maximum absolute atomic E-state index is 13.5. The van der Waals surface area contributed by atoms with E-state index in [0.29, 0.717) is 12.8 Å². The minimum absolute atomic E-state index is 0.0434. The zero-order chi connectivity index (χ0) is 10.3. The SMILES string of the molecule is O=[N+]([O-])c1cc(Cl)nc(C2(F)CC2)c1. The van der Waals surface area contributed by atoms with Crippen LogP contribution in [0.3, 0.4) is 0 Å². The van der Waals surface area contributed by atoms with Crippen LogP contribution in [0.2, 0.25) is 5.15 Å². The second-order valence-electron chi connectivity index (χ2n) is 3.26. The number of hydrogen-bond acceptors (Lipinski definition) is 3. The lowest BCUT2D eigenvalue weighted by molar-refractivity contribution is -0.385. The van der Waals surface area contributed by atoms with E-state index in [0.717, 1.165) is 12.1 Å². The second kappa shape index (κ2) is 2.88. The summed E-state index contributed by atoms with van der Waals surface area (Å²) in [6.07, 6.45) is 0.717. The van der Waals surface area contributed by atoms with Crippen LogP contribution in [-0.4, -0.2) is 9.91 Å². The highest BCUT2D eigenvalue weighted by molar-refractivity contribution is 6.29. The molecule has 6 heteroatoms. The summed E-state index contributed by atoms with van der Waals surface area (Å²) in [5.74, 6) is 0. The van der Waals surface area contributed by atoms with E-state index in [1.807, 2.05) is 0 Å². The second-order valence-corrected chi connectivity index (χ2v) is 3.64. The molecule has 1 saturated carbocycles. The monoisotopic (exact) mass is 216 g/mol. The fourth-order valence-electron chi connectivity index (χ4n) is 1.18. The van der Waals surface area contributed by atoms with Crippen LogP contribution in [0.1, 0.15) is 18.5 Å². The minimum Gasteiger partial charge on any atom is -0.258 e. The molecule has 74 valence electrons. The van der Waals surface area contributed by atoms with Gasteiger partial charge in [0.05, 0.1) is 16.7 Å². The van der Waals surface area contributed by atoms with Crippen LogP contribution >= 0.6 is 11.6 Å². The van der Waals surface area contributed by atoms with Crippen LogP contribution in [0.5, 0.6) is 0 Å². The molecule has 1 aromatic rings. The van der Waals surface area contributed by atoms with Crippen LogP contribution in [0.15, 0.2) is 12.1 Å². The third-order valence-corrected chi connectivity index (χ3v) is 2.33. The van der Waals surface area contributed by atoms with Gasteiger partial charge in [-0.25, -0.2) is 9.37 Å². The Morgan fingerprint density at radius 1 is 1.57 bits per heavy atom. The minimum atomic E-state index is -1.49. The van der Waals surface area contributed by atoms with Crippen molar-refractivity contribution in [1.82, 2.24) is 4.98 Å². The Morgan fingerprint density at radius 3 is 2.71 bits per heavy atom. The van der Waals surface area contributed by atoms with Crippen molar-refractivity contribution < 1.29 is 9.31 Å². The Kier molecular flexibility index (Phi) is 1.92. The van der Waals surface area contributed by atoms with Crippen LogP contribution < -0.4 is 0 Å². The number of hydrogen-bond donors (Lipinski definition) is 0. The van der Waals surface area contributed by atoms with Gasteiger partial charge in [-0.2, -0.15) is 0 Å². The Bertz CT molecular complexity index is 406. The third-order valence-electron chi connectivity index (χ3n) is 2.14. The smallest absolute Gasteiger partial charge is 0.258 e. The molecule has 0 aliphatic heterocycles. The van der Waals surface area contributed by atoms with Gasteiger partial charge in [0.1, 0.15) is 5.15 Å². The molecule has 0 saturated heterocycles. The molecule has 1 heterocycles. The van der Waals surface area contributed by atoms with Gasteiger partial charge in [0, 0.05) is 6.07 Å². The third kappa shape index (κ3) is 1.55. The molecule has 1 aromatic heterocycles. The molecular weight excluding hydrogens is 211 g/mol. The number of pyridine rings is 1. The van der Waals surface area contributed by atoms with E-state index in [9.17, 15) is 14.5 Å². The summed E-state index contributed by atoms with van der Waals surface area (Å²) in [6, 6.07) is 2.25. The van der Waals surface area contributed by atoms with Crippen LogP contribution in [0.4, 0.5) is 10.1 Å². The summed E-state index contributed by atoms with van der Waals surface area (Å²) in [7, 11) is 0. The molecule has 1 aliphatic rings. The molecule has 1 fully saturated rings. The van der Waals surface area contributed by atoms with Gasteiger partial charge in [-0.15, -0.1) is 0 Å². The molecule has 0 unspecified atom stereocenters. The molecule has 0 bridgehead atoms. The van der Waals surface area contributed by atoms with E-state index in [-0.39, 0.29) is 16.5 Å². The molecule has 0 radical (unpaired) electrons. The summed E-state index contributed by atoms with van der Waals surface area (Å²) in [6.45, 7) is 0. The molecule has 2 rings (SSSR count). The lowest BCUT2D eigenvalue weighted by atomic mass is 10.2. The average Bonchev–Trinajstić information content (AvgIpc) is 2.84. The van der Waals surface area contributed by atoms with Gasteiger partial charge < -0.3 is 0 Å². The normalized spacial score (nSPS) is 17.9. The highest BCUT2D eigenvalue weighted by Gasteiger charge is 2.47. The molecule has 0 N–H and O–H groups in total. The summed E-state index contributed by atoms with van der Waals surface area (Å²) in [5, 5.41) is 10.4. The Labute approximate surface area is 83.9 Å². The topological polar surface area (TPSA) is 56.0 Å². The lowest BCUT2D eigenvalue weighted by Crippen LogP contribution is -2.03. The van der Waals surface area contributed by atoms with Crippen molar-refractivity contribution in [3.8, 4) is 0 Å². The van der Waals surface area contributed by atoms with Gasteiger partial charge in [0.25, 0.3) is 5.69 Å². The standard InChI is InChI=1S/C8H6ClFN2O2/c9-7-4-5(12(13)14)3-6(11-7)8(10)1-2-8/h3-4H,1-2H2. The van der Waals surface area contributed by atoms with E-state index in [4.69, 9.17) is 11.6 Å². The lowest BCUT2D eigenvalue weighted by Gasteiger charge is -2.03. The first-order valence-corrected chi connectivity index (χ1v) is 4.40. The largest absolute Gasteiger partial charge is 0.274 e. The van der Waals surface area contributed by atoms with Crippen molar-refractivity contribution in [2.45, 2.75) is 18.5 Å². The maximum atomic E-state index is 13.5. The first kappa shape index (κ1) is 9.33. The van der Waals surface area contributed by atoms with E-state index in [2.05, 4.69) is 4.98 Å². The fourth-order valence-corrected chi connectivity index (χ4v) is 1.39. The highest BCUT2D eigenvalue weighted by atomic mass is 35.5. The fraction of sp³-hybridized carbons (Fsp3) is 0.375. The van der Waals surface area contributed by atoms with Crippen molar-refractivity contribution >= 4 is 17.3 Å². The number of aromatic nitrogens is 1. The number of rotatable bonds is 2. The summed E-state index contributed by atoms with van der Waals surface area (Å²) >= 11 is 5.55. The Hall–Kier alpha value is -1.23. The number of halogens is 2. The maximum Gasteiger partial charge on any atom is 0.274 e. The Morgan fingerprint density at radius 2 is 2.21 bits per heavy atom. The van der Waals surface area contributed by atoms with Gasteiger partial charge in [0.2, 0.25) is 0 Å². The zero-order valence-corrected chi connectivity index (χ0v) is 7.79. The van der Waals surface area contributed by atoms with Crippen molar-refractivity contribution in [1.29, 1.82) is 0 Å². The number of nitro groups is 1. The van der Waals surface area contributed by atoms with Gasteiger partial charge in [-0.05, 0) is 12.8 Å². The van der Waals surface area contributed by atoms with E-state index in [1.54, 1.807) is 0 Å². The average molecular weight is 217 g/mol. The summed E-state index contributed by atoms with van der Waals surface area (Å²) in [4.78, 5) is 13.6. The van der Waals surface area contributed by atoms with Crippen molar-refractivity contribution in [2.75, 3.05) is 0 Å². The molecular formula is C8H6ClFN2O2. The van der Waals surface area contributed by atoms with E-state index < -0.39 is 10.6 Å². The first-order valence-electron chi connectivity index (χ1n) is 4.03. The Balaban J connectivity index is 2.47. The van der Waals surface area contributed by atoms with Crippen molar-refractivity contribution in [3.63, 3.8) is 0 Å². The highest BCUT2D eigenvalue weighted by Crippen LogP contribution is 2.49. The van der Waals surface area contributed by atoms with Gasteiger partial charge in [-0.1, -0.05) is 11.6 Å². The first-order chi connectivity index (χ1) is 6.51. The van der Waals surface area contributed by atoms with Crippen LogP contribution in [-0.2, 0) is 5.67 Å². The molecule has 14 heavy (non-hydrogen) atoms. The molecule has 1 aliphatic carbocycles. The van der Waals surface area contributed by atoms with Crippen molar-refractivity contribution in [2.24, 2.45) is 0 Å². The zero-order valence-electron chi connectivity index (χ0n) is 7.04. The van der Waals surface area contributed by atoms with E-state index >= 15 is 0 Å².